The normalized spacial score (nSPS) is 19.0. The van der Waals surface area contributed by atoms with Crippen molar-refractivity contribution < 1.29 is 24.2 Å². The molecule has 0 bridgehead atoms. The van der Waals surface area contributed by atoms with Gasteiger partial charge < -0.3 is 19.9 Å². The topological polar surface area (TPSA) is 84.9 Å². The molecule has 1 amide bonds. The number of carbonyl (C=O) groups is 2. The molecule has 2 aromatic carbocycles. The minimum atomic E-state index is -0.963. The first kappa shape index (κ1) is 25.2. The Morgan fingerprint density at radius 2 is 1.80 bits per heavy atom. The molecule has 1 saturated carbocycles. The third-order valence-corrected chi connectivity index (χ3v) is 7.69. The van der Waals surface area contributed by atoms with Gasteiger partial charge in [0.25, 0.3) is 0 Å². The van der Waals surface area contributed by atoms with Crippen LogP contribution in [0.1, 0.15) is 85.8 Å². The van der Waals surface area contributed by atoms with Crippen LogP contribution in [0, 0.1) is 5.92 Å². The molecule has 0 spiro atoms. The van der Waals surface area contributed by atoms with E-state index >= 15 is 0 Å². The number of hydrogen-bond acceptors (Lipinski definition) is 4. The van der Waals surface area contributed by atoms with Gasteiger partial charge in [0, 0.05) is 13.2 Å². The Balaban J connectivity index is 1.45. The first-order valence-corrected chi connectivity index (χ1v) is 12.9. The van der Waals surface area contributed by atoms with E-state index in [1.54, 1.807) is 24.3 Å². The number of hydrogen-bond donors (Lipinski definition) is 2. The van der Waals surface area contributed by atoms with E-state index in [-0.39, 0.29) is 17.5 Å². The highest BCUT2D eigenvalue weighted by atomic mass is 16.5. The summed E-state index contributed by atoms with van der Waals surface area (Å²) in [5.41, 5.74) is 1.37. The molecule has 1 aliphatic carbocycles. The van der Waals surface area contributed by atoms with Crippen LogP contribution in [0.15, 0.2) is 48.5 Å². The average molecular weight is 480 g/mol. The van der Waals surface area contributed by atoms with Crippen molar-refractivity contribution in [1.29, 1.82) is 0 Å². The molecule has 0 aromatic heterocycles. The van der Waals surface area contributed by atoms with Gasteiger partial charge in [0.1, 0.15) is 5.75 Å². The van der Waals surface area contributed by atoms with Crippen LogP contribution in [0.2, 0.25) is 0 Å². The van der Waals surface area contributed by atoms with Crippen molar-refractivity contribution in [2.24, 2.45) is 5.92 Å². The molecule has 1 heterocycles. The van der Waals surface area contributed by atoms with Crippen molar-refractivity contribution in [1.82, 2.24) is 5.32 Å². The summed E-state index contributed by atoms with van der Waals surface area (Å²) >= 11 is 0. The Kier molecular flexibility index (Phi) is 8.45. The molecule has 1 aliphatic heterocycles. The van der Waals surface area contributed by atoms with Gasteiger partial charge in [-0.2, -0.15) is 0 Å². The van der Waals surface area contributed by atoms with Crippen LogP contribution in [-0.2, 0) is 14.9 Å². The Labute approximate surface area is 208 Å². The van der Waals surface area contributed by atoms with Crippen LogP contribution in [0.25, 0.3) is 0 Å². The van der Waals surface area contributed by atoms with Crippen LogP contribution in [-0.4, -0.2) is 36.8 Å². The fourth-order valence-corrected chi connectivity index (χ4v) is 5.40. The van der Waals surface area contributed by atoms with E-state index in [9.17, 15) is 9.59 Å². The zero-order valence-electron chi connectivity index (χ0n) is 20.6. The lowest BCUT2D eigenvalue weighted by Crippen LogP contribution is -2.48. The number of carboxylic acids is 1. The number of carboxylic acid groups (broad SMARTS) is 1. The Bertz CT molecular complexity index is 990. The van der Waals surface area contributed by atoms with Gasteiger partial charge in [-0.25, -0.2) is 4.79 Å². The average Bonchev–Trinajstić information content (AvgIpc) is 2.90. The second kappa shape index (κ2) is 11.7. The quantitative estimate of drug-likeness (QED) is 0.485. The van der Waals surface area contributed by atoms with Gasteiger partial charge in [-0.3, -0.25) is 4.79 Å². The first-order valence-electron chi connectivity index (χ1n) is 12.9. The zero-order chi connectivity index (χ0) is 24.7. The standard InChI is InChI=1S/C29H37NO5/c1-21(23-10-12-24(13-11-23)27(31)32)30-28(33)29(15-18-34-19-16-29)25-8-5-9-26(20-25)35-17-14-22-6-3-2-4-7-22/h5,8-13,20-22H,2-4,6-7,14-19H2,1H3,(H,30,33)(H,31,32). The van der Waals surface area contributed by atoms with E-state index in [1.807, 2.05) is 31.2 Å². The molecule has 2 N–H and O–H groups in total. The second-order valence-corrected chi connectivity index (χ2v) is 9.99. The molecular formula is C29H37NO5. The van der Waals surface area contributed by atoms with Crippen LogP contribution >= 0.6 is 0 Å². The predicted octanol–water partition coefficient (Wildman–Crippen LogP) is 5.66. The number of carbonyl (C=O) groups excluding carboxylic acids is 1. The molecule has 6 heteroatoms. The number of nitrogens with one attached hydrogen (secondary N) is 1. The van der Waals surface area contributed by atoms with E-state index in [2.05, 4.69) is 5.32 Å². The minimum absolute atomic E-state index is 0.0324. The monoisotopic (exact) mass is 479 g/mol. The first-order chi connectivity index (χ1) is 17.0. The lowest BCUT2D eigenvalue weighted by Gasteiger charge is -2.37. The molecule has 35 heavy (non-hydrogen) atoms. The third kappa shape index (κ3) is 6.23. The summed E-state index contributed by atoms with van der Waals surface area (Å²) < 4.78 is 11.8. The summed E-state index contributed by atoms with van der Waals surface area (Å²) in [6, 6.07) is 14.4. The highest BCUT2D eigenvalue weighted by molar-refractivity contribution is 5.89. The predicted molar refractivity (Wildman–Crippen MR) is 135 cm³/mol. The molecule has 4 rings (SSSR count). The van der Waals surface area contributed by atoms with Crippen LogP contribution in [0.4, 0.5) is 0 Å². The molecule has 188 valence electrons. The summed E-state index contributed by atoms with van der Waals surface area (Å²) in [5, 5.41) is 12.3. The lowest BCUT2D eigenvalue weighted by atomic mass is 9.73. The molecule has 1 saturated heterocycles. The van der Waals surface area contributed by atoms with Gasteiger partial charge >= 0.3 is 5.97 Å². The maximum atomic E-state index is 13.7. The maximum Gasteiger partial charge on any atom is 0.335 e. The molecule has 2 aliphatic rings. The van der Waals surface area contributed by atoms with Crippen molar-refractivity contribution >= 4 is 11.9 Å². The van der Waals surface area contributed by atoms with E-state index in [0.29, 0.717) is 32.7 Å². The van der Waals surface area contributed by atoms with Crippen LogP contribution < -0.4 is 10.1 Å². The highest BCUT2D eigenvalue weighted by Gasteiger charge is 2.42. The van der Waals surface area contributed by atoms with Crippen molar-refractivity contribution in [2.45, 2.75) is 69.7 Å². The molecule has 0 radical (unpaired) electrons. The van der Waals surface area contributed by atoms with Crippen molar-refractivity contribution in [3.63, 3.8) is 0 Å². The van der Waals surface area contributed by atoms with Gasteiger partial charge in [0.15, 0.2) is 0 Å². The summed E-state index contributed by atoms with van der Waals surface area (Å²) in [7, 11) is 0. The Hall–Kier alpha value is -2.86. The molecular weight excluding hydrogens is 442 g/mol. The molecule has 1 unspecified atom stereocenters. The van der Waals surface area contributed by atoms with Gasteiger partial charge in [0.05, 0.1) is 23.6 Å². The smallest absolute Gasteiger partial charge is 0.335 e. The summed E-state index contributed by atoms with van der Waals surface area (Å²) in [4.78, 5) is 24.9. The van der Waals surface area contributed by atoms with Crippen molar-refractivity contribution in [3.05, 3.63) is 65.2 Å². The molecule has 2 fully saturated rings. The fourth-order valence-electron chi connectivity index (χ4n) is 5.40. The maximum absolute atomic E-state index is 13.7. The SMILES string of the molecule is CC(NC(=O)C1(c2cccc(OCCC3CCCCC3)c2)CCOCC1)c1ccc(C(=O)O)cc1. The zero-order valence-corrected chi connectivity index (χ0v) is 20.6. The molecule has 2 aromatic rings. The summed E-state index contributed by atoms with van der Waals surface area (Å²) in [6.45, 7) is 3.69. The van der Waals surface area contributed by atoms with E-state index in [0.717, 1.165) is 29.2 Å². The van der Waals surface area contributed by atoms with Gasteiger partial charge in [0.2, 0.25) is 5.91 Å². The second-order valence-electron chi connectivity index (χ2n) is 9.99. The van der Waals surface area contributed by atoms with Crippen LogP contribution in [0.3, 0.4) is 0 Å². The highest BCUT2D eigenvalue weighted by Crippen LogP contribution is 2.37. The van der Waals surface area contributed by atoms with E-state index in [1.165, 1.54) is 32.1 Å². The van der Waals surface area contributed by atoms with Gasteiger partial charge in [-0.1, -0.05) is 56.4 Å². The van der Waals surface area contributed by atoms with Gasteiger partial charge in [-0.05, 0) is 67.5 Å². The molecule has 6 nitrogen and oxygen atoms in total. The number of aromatic carboxylic acids is 1. The summed E-state index contributed by atoms with van der Waals surface area (Å²) in [6.07, 6.45) is 8.95. The fraction of sp³-hybridized carbons (Fsp3) is 0.517. The Morgan fingerprint density at radius 1 is 1.09 bits per heavy atom. The summed E-state index contributed by atoms with van der Waals surface area (Å²) in [5.74, 6) is 0.588. The lowest BCUT2D eigenvalue weighted by molar-refractivity contribution is -0.131. The number of benzene rings is 2. The number of amides is 1. The Morgan fingerprint density at radius 3 is 2.49 bits per heavy atom. The van der Waals surface area contributed by atoms with Crippen LogP contribution in [0.5, 0.6) is 5.75 Å². The minimum Gasteiger partial charge on any atom is -0.494 e. The van der Waals surface area contributed by atoms with E-state index in [4.69, 9.17) is 14.6 Å². The van der Waals surface area contributed by atoms with Crippen molar-refractivity contribution in [3.8, 4) is 5.75 Å². The largest absolute Gasteiger partial charge is 0.494 e. The number of rotatable bonds is 9. The van der Waals surface area contributed by atoms with Gasteiger partial charge in [-0.15, -0.1) is 0 Å². The third-order valence-electron chi connectivity index (χ3n) is 7.69. The van der Waals surface area contributed by atoms with E-state index < -0.39 is 11.4 Å². The number of ether oxygens (including phenoxy) is 2. The van der Waals surface area contributed by atoms with Crippen molar-refractivity contribution in [2.75, 3.05) is 19.8 Å². The molecule has 1 atom stereocenters.